The molecule has 0 unspecified atom stereocenters. The van der Waals surface area contributed by atoms with Gasteiger partial charge in [-0.2, -0.15) is 5.26 Å². The van der Waals surface area contributed by atoms with Crippen LogP contribution < -0.4 is 5.32 Å². The number of nitriles is 1. The van der Waals surface area contributed by atoms with Gasteiger partial charge in [-0.3, -0.25) is 4.79 Å². The molecule has 1 fully saturated rings. The molecule has 1 aliphatic heterocycles. The van der Waals surface area contributed by atoms with Crippen molar-refractivity contribution in [3.8, 4) is 6.07 Å². The summed E-state index contributed by atoms with van der Waals surface area (Å²) in [5.74, 6) is 0.674. The van der Waals surface area contributed by atoms with Gasteiger partial charge < -0.3 is 10.2 Å². The van der Waals surface area contributed by atoms with Crippen molar-refractivity contribution in [1.29, 1.82) is 5.26 Å². The Morgan fingerprint density at radius 3 is 2.89 bits per heavy atom. The second kappa shape index (κ2) is 5.50. The highest BCUT2D eigenvalue weighted by molar-refractivity contribution is 5.80. The number of pyridine rings is 1. The summed E-state index contributed by atoms with van der Waals surface area (Å²) < 4.78 is 0. The molecule has 18 heavy (non-hydrogen) atoms. The molecule has 1 saturated heterocycles. The first-order chi connectivity index (χ1) is 8.69. The van der Waals surface area contributed by atoms with E-state index >= 15 is 0 Å². The second-order valence-electron chi connectivity index (χ2n) is 4.44. The van der Waals surface area contributed by atoms with E-state index in [4.69, 9.17) is 5.26 Å². The van der Waals surface area contributed by atoms with Gasteiger partial charge in [0.1, 0.15) is 5.82 Å². The van der Waals surface area contributed by atoms with Crippen LogP contribution in [-0.2, 0) is 4.79 Å². The Morgan fingerprint density at radius 2 is 2.22 bits per heavy atom. The molecule has 0 aliphatic carbocycles. The average molecular weight is 244 g/mol. The Balaban J connectivity index is 1.95. The van der Waals surface area contributed by atoms with Crippen molar-refractivity contribution < 1.29 is 4.79 Å². The lowest BCUT2D eigenvalue weighted by atomic mass is 10.2. The molecule has 1 aromatic heterocycles. The van der Waals surface area contributed by atoms with Crippen molar-refractivity contribution in [2.24, 2.45) is 0 Å². The van der Waals surface area contributed by atoms with Gasteiger partial charge in [-0.05, 0) is 31.9 Å². The molecule has 0 radical (unpaired) electrons. The molecule has 1 N–H and O–H groups in total. The van der Waals surface area contributed by atoms with E-state index in [0.29, 0.717) is 11.4 Å². The van der Waals surface area contributed by atoms with Crippen LogP contribution in [0.25, 0.3) is 0 Å². The summed E-state index contributed by atoms with van der Waals surface area (Å²) in [6.07, 6.45) is 2.18. The van der Waals surface area contributed by atoms with Crippen LogP contribution in [0.3, 0.4) is 0 Å². The van der Waals surface area contributed by atoms with Crippen molar-refractivity contribution in [3.05, 3.63) is 23.4 Å². The number of nitrogens with one attached hydrogen (secondary N) is 1. The topological polar surface area (TPSA) is 69.0 Å². The summed E-state index contributed by atoms with van der Waals surface area (Å²) in [6, 6.07) is 5.45. The third-order valence-corrected chi connectivity index (χ3v) is 2.96. The number of aryl methyl sites for hydroxylation is 1. The van der Waals surface area contributed by atoms with E-state index in [2.05, 4.69) is 16.4 Å². The quantitative estimate of drug-likeness (QED) is 0.870. The first-order valence-electron chi connectivity index (χ1n) is 6.09. The third kappa shape index (κ3) is 2.98. The molecule has 0 saturated carbocycles. The number of hydrogen-bond donors (Lipinski definition) is 1. The number of aromatic nitrogens is 1. The van der Waals surface area contributed by atoms with E-state index in [0.717, 1.165) is 31.6 Å². The van der Waals surface area contributed by atoms with Gasteiger partial charge in [0.15, 0.2) is 0 Å². The molecule has 2 rings (SSSR count). The number of likely N-dealkylation sites (tertiary alicyclic amines) is 1. The fourth-order valence-corrected chi connectivity index (χ4v) is 2.07. The van der Waals surface area contributed by atoms with E-state index in [-0.39, 0.29) is 12.5 Å². The highest BCUT2D eigenvalue weighted by Crippen LogP contribution is 2.10. The monoisotopic (exact) mass is 244 g/mol. The molecule has 1 aliphatic rings. The number of hydrogen-bond acceptors (Lipinski definition) is 4. The summed E-state index contributed by atoms with van der Waals surface area (Å²) >= 11 is 0. The summed E-state index contributed by atoms with van der Waals surface area (Å²) in [7, 11) is 0. The predicted molar refractivity (Wildman–Crippen MR) is 68.0 cm³/mol. The highest BCUT2D eigenvalue weighted by Gasteiger charge is 2.17. The van der Waals surface area contributed by atoms with E-state index in [1.807, 2.05) is 11.8 Å². The van der Waals surface area contributed by atoms with Gasteiger partial charge in [0, 0.05) is 18.8 Å². The van der Waals surface area contributed by atoms with Gasteiger partial charge in [-0.25, -0.2) is 4.98 Å². The zero-order valence-corrected chi connectivity index (χ0v) is 10.4. The molecule has 5 nitrogen and oxygen atoms in total. The summed E-state index contributed by atoms with van der Waals surface area (Å²) in [5, 5.41) is 11.8. The van der Waals surface area contributed by atoms with Crippen molar-refractivity contribution in [2.45, 2.75) is 19.8 Å². The fraction of sp³-hybridized carbons (Fsp3) is 0.462. The summed E-state index contributed by atoms with van der Waals surface area (Å²) in [5.41, 5.74) is 1.32. The molecule has 0 aromatic carbocycles. The molecule has 2 heterocycles. The minimum Gasteiger partial charge on any atom is -0.361 e. The van der Waals surface area contributed by atoms with Crippen LogP contribution in [0.2, 0.25) is 0 Å². The lowest BCUT2D eigenvalue weighted by Gasteiger charge is -2.15. The van der Waals surface area contributed by atoms with E-state index in [1.165, 1.54) is 0 Å². The zero-order valence-electron chi connectivity index (χ0n) is 10.4. The standard InChI is InChI=1S/C13H16N4O/c1-10-6-11(8-14)7-12(16-10)15-9-13(18)17-4-2-3-5-17/h6-7H,2-5,9H2,1H3,(H,15,16). The maximum atomic E-state index is 11.8. The smallest absolute Gasteiger partial charge is 0.241 e. The number of carbonyl (C=O) groups excluding carboxylic acids is 1. The first kappa shape index (κ1) is 12.4. The fourth-order valence-electron chi connectivity index (χ4n) is 2.07. The van der Waals surface area contributed by atoms with Crippen molar-refractivity contribution in [1.82, 2.24) is 9.88 Å². The second-order valence-corrected chi connectivity index (χ2v) is 4.44. The number of nitrogens with zero attached hydrogens (tertiary/aromatic N) is 3. The zero-order chi connectivity index (χ0) is 13.0. The van der Waals surface area contributed by atoms with E-state index < -0.39 is 0 Å². The van der Waals surface area contributed by atoms with Gasteiger partial charge in [0.25, 0.3) is 0 Å². The van der Waals surface area contributed by atoms with Crippen molar-refractivity contribution >= 4 is 11.7 Å². The van der Waals surface area contributed by atoms with Crippen LogP contribution in [0.1, 0.15) is 24.1 Å². The SMILES string of the molecule is Cc1cc(C#N)cc(NCC(=O)N2CCCC2)n1. The van der Waals surface area contributed by atoms with Crippen LogP contribution in [-0.4, -0.2) is 35.4 Å². The minimum absolute atomic E-state index is 0.0920. The maximum absolute atomic E-state index is 11.8. The van der Waals surface area contributed by atoms with Gasteiger partial charge in [0.05, 0.1) is 18.2 Å². The molecule has 1 amide bonds. The number of amides is 1. The Hall–Kier alpha value is -2.09. The van der Waals surface area contributed by atoms with E-state index in [9.17, 15) is 4.79 Å². The van der Waals surface area contributed by atoms with Crippen LogP contribution in [0.5, 0.6) is 0 Å². The van der Waals surface area contributed by atoms with Crippen LogP contribution in [0.15, 0.2) is 12.1 Å². The van der Waals surface area contributed by atoms with E-state index in [1.54, 1.807) is 12.1 Å². The molecule has 5 heteroatoms. The Labute approximate surface area is 106 Å². The first-order valence-corrected chi connectivity index (χ1v) is 6.09. The normalized spacial score (nSPS) is 14.3. The van der Waals surface area contributed by atoms with Gasteiger partial charge in [0.2, 0.25) is 5.91 Å². The summed E-state index contributed by atoms with van der Waals surface area (Å²) in [4.78, 5) is 17.9. The molecule has 1 aromatic rings. The highest BCUT2D eigenvalue weighted by atomic mass is 16.2. The molecular formula is C13H16N4O. The Bertz CT molecular complexity index is 486. The minimum atomic E-state index is 0.0920. The average Bonchev–Trinajstić information content (AvgIpc) is 2.89. The Kier molecular flexibility index (Phi) is 3.78. The molecule has 0 spiro atoms. The van der Waals surface area contributed by atoms with Crippen molar-refractivity contribution in [2.75, 3.05) is 25.0 Å². The molecule has 94 valence electrons. The number of rotatable bonds is 3. The van der Waals surface area contributed by atoms with Crippen LogP contribution >= 0.6 is 0 Å². The van der Waals surface area contributed by atoms with Crippen LogP contribution in [0, 0.1) is 18.3 Å². The third-order valence-electron chi connectivity index (χ3n) is 2.96. The molecule has 0 atom stereocenters. The lowest BCUT2D eigenvalue weighted by Crippen LogP contribution is -2.33. The van der Waals surface area contributed by atoms with Crippen LogP contribution in [0.4, 0.5) is 5.82 Å². The number of carbonyl (C=O) groups is 1. The van der Waals surface area contributed by atoms with Crippen molar-refractivity contribution in [3.63, 3.8) is 0 Å². The summed E-state index contributed by atoms with van der Waals surface area (Å²) in [6.45, 7) is 3.77. The van der Waals surface area contributed by atoms with Gasteiger partial charge >= 0.3 is 0 Å². The molecular weight excluding hydrogens is 228 g/mol. The van der Waals surface area contributed by atoms with Gasteiger partial charge in [-0.15, -0.1) is 0 Å². The molecule has 0 bridgehead atoms. The largest absolute Gasteiger partial charge is 0.361 e. The Morgan fingerprint density at radius 1 is 1.50 bits per heavy atom. The predicted octanol–water partition coefficient (Wildman–Crippen LogP) is 1.30. The van der Waals surface area contributed by atoms with Gasteiger partial charge in [-0.1, -0.05) is 0 Å². The number of anilines is 1. The lowest BCUT2D eigenvalue weighted by molar-refractivity contribution is -0.128. The maximum Gasteiger partial charge on any atom is 0.241 e.